The topological polar surface area (TPSA) is 64.3 Å². The largest absolute Gasteiger partial charge is 0.478 e. The molecule has 1 amide bonds. The van der Waals surface area contributed by atoms with Gasteiger partial charge in [-0.15, -0.1) is 0 Å². The first kappa shape index (κ1) is 6.92. The first-order valence-corrected chi connectivity index (χ1v) is 3.05. The highest BCUT2D eigenvalue weighted by Gasteiger charge is 2.25. The van der Waals surface area contributed by atoms with Gasteiger partial charge in [0.25, 0.3) is 0 Å². The molecule has 0 aromatic heterocycles. The zero-order chi connectivity index (χ0) is 7.56. The summed E-state index contributed by atoms with van der Waals surface area (Å²) in [6.07, 6.45) is 0.535. The molecule has 1 aliphatic heterocycles. The third-order valence-corrected chi connectivity index (χ3v) is 1.27. The van der Waals surface area contributed by atoms with Crippen LogP contribution in [0.15, 0.2) is 12.5 Å². The molecule has 3 N–H and O–H groups in total. The van der Waals surface area contributed by atoms with Crippen LogP contribution in [0.4, 0.5) is 0 Å². The maximum Gasteiger partial charge on any atom is 0.222 e. The van der Waals surface area contributed by atoms with Crippen LogP contribution in [-0.4, -0.2) is 18.6 Å². The summed E-state index contributed by atoms with van der Waals surface area (Å²) in [6.45, 7) is 3.78. The highest BCUT2D eigenvalue weighted by Crippen LogP contribution is 2.04. The molecule has 4 heteroatoms. The molecule has 1 fully saturated rings. The summed E-state index contributed by atoms with van der Waals surface area (Å²) >= 11 is 0. The van der Waals surface area contributed by atoms with Crippen LogP contribution in [0.25, 0.3) is 0 Å². The van der Waals surface area contributed by atoms with Gasteiger partial charge in [-0.25, -0.2) is 0 Å². The Morgan fingerprint density at radius 1 is 2.00 bits per heavy atom. The summed E-state index contributed by atoms with van der Waals surface area (Å²) < 4.78 is 4.86. The predicted molar refractivity (Wildman–Crippen MR) is 35.8 cm³/mol. The third-order valence-electron chi connectivity index (χ3n) is 1.27. The Bertz CT molecular complexity index is 159. The van der Waals surface area contributed by atoms with Crippen LogP contribution < -0.4 is 11.1 Å². The van der Waals surface area contributed by atoms with E-state index in [1.54, 1.807) is 0 Å². The number of amides is 1. The van der Waals surface area contributed by atoms with E-state index in [4.69, 9.17) is 10.5 Å². The molecule has 10 heavy (non-hydrogen) atoms. The molecule has 1 aliphatic rings. The average Bonchev–Trinajstić information content (AvgIpc) is 1.77. The maximum atomic E-state index is 10.3. The van der Waals surface area contributed by atoms with Gasteiger partial charge < -0.3 is 15.8 Å². The zero-order valence-corrected chi connectivity index (χ0v) is 5.59. The van der Waals surface area contributed by atoms with Gasteiger partial charge in [0.1, 0.15) is 6.61 Å². The minimum atomic E-state index is 0.0660. The summed E-state index contributed by atoms with van der Waals surface area (Å²) in [6, 6.07) is 0.132. The van der Waals surface area contributed by atoms with Crippen LogP contribution in [0.2, 0.25) is 0 Å². The number of ether oxygens (including phenoxy) is 1. The lowest BCUT2D eigenvalue weighted by Gasteiger charge is -2.26. The number of β-lactam (4-membered cyclic amide) rings is 1. The van der Waals surface area contributed by atoms with Crippen molar-refractivity contribution in [1.29, 1.82) is 0 Å². The first-order chi connectivity index (χ1) is 4.68. The van der Waals surface area contributed by atoms with Gasteiger partial charge >= 0.3 is 0 Å². The van der Waals surface area contributed by atoms with Crippen molar-refractivity contribution >= 4 is 5.91 Å². The van der Waals surface area contributed by atoms with Crippen LogP contribution in [0.5, 0.6) is 0 Å². The van der Waals surface area contributed by atoms with Gasteiger partial charge in [0.05, 0.1) is 12.5 Å². The average molecular weight is 142 g/mol. The summed E-state index contributed by atoms with van der Waals surface area (Å²) in [4.78, 5) is 10.3. The van der Waals surface area contributed by atoms with Crippen molar-refractivity contribution in [3.8, 4) is 0 Å². The number of nitrogens with two attached hydrogens (primary N) is 1. The molecule has 0 aromatic rings. The number of rotatable bonds is 3. The molecule has 0 saturated carbocycles. The van der Waals surface area contributed by atoms with Crippen LogP contribution in [-0.2, 0) is 9.53 Å². The summed E-state index contributed by atoms with van der Waals surface area (Å²) in [5, 5.41) is 2.64. The SMILES string of the molecule is C=C(N)OC[C@@H]1CC(=O)N1. The standard InChI is InChI=1S/C6H10N2O2/c1-4(7)10-3-5-2-6(9)8-5/h5H,1-3,7H2,(H,8,9)/t5-/m0/s1. The minimum Gasteiger partial charge on any atom is -0.478 e. The molecule has 1 heterocycles. The number of nitrogens with one attached hydrogen (secondary N) is 1. The summed E-state index contributed by atoms with van der Waals surface area (Å²) in [7, 11) is 0. The van der Waals surface area contributed by atoms with Gasteiger partial charge in [-0.3, -0.25) is 4.79 Å². The summed E-state index contributed by atoms with van der Waals surface area (Å²) in [5.41, 5.74) is 5.12. The van der Waals surface area contributed by atoms with Crippen molar-refractivity contribution in [1.82, 2.24) is 5.32 Å². The zero-order valence-electron chi connectivity index (χ0n) is 5.59. The van der Waals surface area contributed by atoms with E-state index in [-0.39, 0.29) is 17.8 Å². The quantitative estimate of drug-likeness (QED) is 0.405. The van der Waals surface area contributed by atoms with Gasteiger partial charge in [0, 0.05) is 0 Å². The lowest BCUT2D eigenvalue weighted by atomic mass is 10.1. The van der Waals surface area contributed by atoms with E-state index < -0.39 is 0 Å². The fourth-order valence-corrected chi connectivity index (χ4v) is 0.739. The van der Waals surface area contributed by atoms with Gasteiger partial charge in [-0.05, 0) is 6.58 Å². The third kappa shape index (κ3) is 1.65. The molecule has 1 saturated heterocycles. The molecular formula is C6H10N2O2. The van der Waals surface area contributed by atoms with Crippen molar-refractivity contribution in [2.24, 2.45) is 5.73 Å². The molecule has 0 aromatic carbocycles. The number of hydrogen-bond acceptors (Lipinski definition) is 3. The molecule has 1 atom stereocenters. The normalized spacial score (nSPS) is 22.8. The molecule has 0 radical (unpaired) electrons. The van der Waals surface area contributed by atoms with Crippen LogP contribution in [0, 0.1) is 0 Å². The number of hydrogen-bond donors (Lipinski definition) is 2. The molecule has 0 spiro atoms. The van der Waals surface area contributed by atoms with Crippen molar-refractivity contribution in [3.05, 3.63) is 12.5 Å². The number of carbonyl (C=O) groups is 1. The van der Waals surface area contributed by atoms with E-state index in [0.717, 1.165) is 0 Å². The van der Waals surface area contributed by atoms with Gasteiger partial charge in [0.2, 0.25) is 5.91 Å². The van der Waals surface area contributed by atoms with Gasteiger partial charge in [-0.2, -0.15) is 0 Å². The molecule has 0 aliphatic carbocycles. The first-order valence-electron chi connectivity index (χ1n) is 3.05. The van der Waals surface area contributed by atoms with Gasteiger partial charge in [0.15, 0.2) is 5.88 Å². The lowest BCUT2D eigenvalue weighted by Crippen LogP contribution is -2.51. The Morgan fingerprint density at radius 2 is 2.60 bits per heavy atom. The molecule has 0 unspecified atom stereocenters. The lowest BCUT2D eigenvalue weighted by molar-refractivity contribution is -0.129. The Hall–Kier alpha value is -1.19. The fourth-order valence-electron chi connectivity index (χ4n) is 0.739. The van der Waals surface area contributed by atoms with Crippen molar-refractivity contribution in [2.75, 3.05) is 6.61 Å². The molecule has 56 valence electrons. The van der Waals surface area contributed by atoms with E-state index >= 15 is 0 Å². The van der Waals surface area contributed by atoms with E-state index in [1.165, 1.54) is 0 Å². The Balaban J connectivity index is 2.05. The Morgan fingerprint density at radius 3 is 3.00 bits per heavy atom. The number of carbonyl (C=O) groups excluding carboxylic acids is 1. The smallest absolute Gasteiger partial charge is 0.222 e. The molecule has 4 nitrogen and oxygen atoms in total. The molecular weight excluding hydrogens is 132 g/mol. The highest BCUT2D eigenvalue weighted by molar-refractivity contribution is 5.82. The minimum absolute atomic E-state index is 0.0660. The van der Waals surface area contributed by atoms with E-state index in [2.05, 4.69) is 11.9 Å². The fraction of sp³-hybridized carbons (Fsp3) is 0.500. The van der Waals surface area contributed by atoms with Crippen molar-refractivity contribution < 1.29 is 9.53 Å². The second kappa shape index (κ2) is 2.60. The molecule has 0 bridgehead atoms. The monoisotopic (exact) mass is 142 g/mol. The maximum absolute atomic E-state index is 10.3. The predicted octanol–water partition coefficient (Wildman–Crippen LogP) is -0.679. The van der Waals surface area contributed by atoms with Crippen LogP contribution >= 0.6 is 0 Å². The second-order valence-electron chi connectivity index (χ2n) is 2.25. The Kier molecular flexibility index (Phi) is 1.80. The Labute approximate surface area is 59.0 Å². The summed E-state index contributed by atoms with van der Waals surface area (Å²) in [5.74, 6) is 0.261. The van der Waals surface area contributed by atoms with Crippen LogP contribution in [0.1, 0.15) is 6.42 Å². The van der Waals surface area contributed by atoms with Crippen LogP contribution in [0.3, 0.4) is 0 Å². The van der Waals surface area contributed by atoms with E-state index in [1.807, 2.05) is 0 Å². The van der Waals surface area contributed by atoms with Crippen molar-refractivity contribution in [3.63, 3.8) is 0 Å². The highest BCUT2D eigenvalue weighted by atomic mass is 16.5. The second-order valence-corrected chi connectivity index (χ2v) is 2.25. The van der Waals surface area contributed by atoms with E-state index in [9.17, 15) is 4.79 Å². The molecule has 1 rings (SSSR count). The van der Waals surface area contributed by atoms with Crippen molar-refractivity contribution in [2.45, 2.75) is 12.5 Å². The van der Waals surface area contributed by atoms with E-state index in [0.29, 0.717) is 13.0 Å². The van der Waals surface area contributed by atoms with Gasteiger partial charge in [-0.1, -0.05) is 0 Å².